The maximum absolute atomic E-state index is 14.1. The first-order valence-corrected chi connectivity index (χ1v) is 6.81. The summed E-state index contributed by atoms with van der Waals surface area (Å²) in [5.41, 5.74) is 1.52. The Kier molecular flexibility index (Phi) is 4.50. The van der Waals surface area contributed by atoms with Crippen LogP contribution in [0.15, 0.2) is 34.8 Å². The summed E-state index contributed by atoms with van der Waals surface area (Å²) in [7, 11) is 1.62. The van der Waals surface area contributed by atoms with Gasteiger partial charge in [-0.05, 0) is 65.3 Å². The molecule has 0 saturated heterocycles. The lowest BCUT2D eigenvalue weighted by atomic mass is 9.94. The Morgan fingerprint density at radius 2 is 1.70 bits per heavy atom. The van der Waals surface area contributed by atoms with Crippen LogP contribution in [0.5, 0.6) is 0 Å². The van der Waals surface area contributed by atoms with Gasteiger partial charge in [-0.15, -0.1) is 0 Å². The van der Waals surface area contributed by atoms with Crippen LogP contribution in [-0.2, 0) is 0 Å². The third kappa shape index (κ3) is 2.88. The number of nitrogens with one attached hydrogen (secondary N) is 1. The molecular weight excluding hydrogens is 331 g/mol. The van der Waals surface area contributed by atoms with Crippen molar-refractivity contribution in [1.29, 1.82) is 0 Å². The van der Waals surface area contributed by atoms with E-state index in [4.69, 9.17) is 0 Å². The highest BCUT2D eigenvalue weighted by Crippen LogP contribution is 2.30. The van der Waals surface area contributed by atoms with E-state index in [0.29, 0.717) is 5.56 Å². The van der Waals surface area contributed by atoms with Gasteiger partial charge in [0, 0.05) is 5.56 Å². The minimum absolute atomic E-state index is 0.0598. The van der Waals surface area contributed by atoms with Crippen molar-refractivity contribution in [3.05, 3.63) is 68.9 Å². The largest absolute Gasteiger partial charge is 0.309 e. The Bertz CT molecular complexity index is 643. The zero-order valence-corrected chi connectivity index (χ0v) is 12.6. The van der Waals surface area contributed by atoms with Crippen molar-refractivity contribution in [3.63, 3.8) is 0 Å². The van der Waals surface area contributed by atoms with E-state index in [1.807, 2.05) is 0 Å². The van der Waals surface area contributed by atoms with E-state index in [9.17, 15) is 13.2 Å². The van der Waals surface area contributed by atoms with Crippen molar-refractivity contribution in [2.45, 2.75) is 13.0 Å². The molecule has 1 nitrogen and oxygen atoms in total. The van der Waals surface area contributed by atoms with Gasteiger partial charge in [-0.1, -0.05) is 6.07 Å². The predicted molar refractivity (Wildman–Crippen MR) is 76.1 cm³/mol. The number of halogens is 4. The van der Waals surface area contributed by atoms with Gasteiger partial charge in [0.05, 0.1) is 10.5 Å². The van der Waals surface area contributed by atoms with Gasteiger partial charge in [-0.2, -0.15) is 0 Å². The quantitative estimate of drug-likeness (QED) is 0.810. The van der Waals surface area contributed by atoms with E-state index in [2.05, 4.69) is 21.2 Å². The van der Waals surface area contributed by atoms with E-state index in [1.165, 1.54) is 12.1 Å². The standard InChI is InChI=1S/C15H13BrF3N/c1-8-3-4-9(17)5-10(8)15(20-2)11-6-14(19)12(16)7-13(11)18/h3-7,15,20H,1-2H3. The molecule has 2 aromatic carbocycles. The molecule has 2 aromatic rings. The highest BCUT2D eigenvalue weighted by molar-refractivity contribution is 9.10. The topological polar surface area (TPSA) is 12.0 Å². The Morgan fingerprint density at radius 1 is 1.00 bits per heavy atom. The molecule has 0 spiro atoms. The molecule has 0 amide bonds. The summed E-state index contributed by atoms with van der Waals surface area (Å²) in [5, 5.41) is 2.90. The van der Waals surface area contributed by atoms with Gasteiger partial charge in [0.1, 0.15) is 17.5 Å². The molecule has 5 heteroatoms. The van der Waals surface area contributed by atoms with Crippen molar-refractivity contribution in [2.75, 3.05) is 7.05 Å². The first-order chi connectivity index (χ1) is 9.43. The highest BCUT2D eigenvalue weighted by atomic mass is 79.9. The fourth-order valence-corrected chi connectivity index (χ4v) is 2.48. The van der Waals surface area contributed by atoms with Crippen LogP contribution in [0.2, 0.25) is 0 Å². The van der Waals surface area contributed by atoms with Crippen molar-refractivity contribution in [1.82, 2.24) is 5.32 Å². The lowest BCUT2D eigenvalue weighted by Gasteiger charge is -2.20. The maximum Gasteiger partial charge on any atom is 0.137 e. The molecule has 0 heterocycles. The van der Waals surface area contributed by atoms with Gasteiger partial charge in [0.2, 0.25) is 0 Å². The molecule has 0 aliphatic carbocycles. The van der Waals surface area contributed by atoms with Crippen molar-refractivity contribution in [2.24, 2.45) is 0 Å². The lowest BCUT2D eigenvalue weighted by molar-refractivity contribution is 0.551. The Hall–Kier alpha value is -1.33. The van der Waals surface area contributed by atoms with Crippen LogP contribution in [0.3, 0.4) is 0 Å². The Balaban J connectivity index is 2.58. The number of hydrogen-bond acceptors (Lipinski definition) is 1. The SMILES string of the molecule is CNC(c1cc(F)ccc1C)c1cc(F)c(Br)cc1F. The summed E-state index contributed by atoms with van der Waals surface area (Å²) >= 11 is 2.94. The minimum Gasteiger partial charge on any atom is -0.309 e. The normalized spacial score (nSPS) is 12.5. The first-order valence-electron chi connectivity index (χ1n) is 6.01. The summed E-state index contributed by atoms with van der Waals surface area (Å²) < 4.78 is 41.2. The maximum atomic E-state index is 14.1. The second-order valence-electron chi connectivity index (χ2n) is 4.51. The Labute approximate surface area is 123 Å². The summed E-state index contributed by atoms with van der Waals surface area (Å²) in [5.74, 6) is -1.53. The van der Waals surface area contributed by atoms with Crippen molar-refractivity contribution < 1.29 is 13.2 Å². The monoisotopic (exact) mass is 343 g/mol. The van der Waals surface area contributed by atoms with Crippen LogP contribution < -0.4 is 5.32 Å². The summed E-state index contributed by atoms with van der Waals surface area (Å²) in [6.45, 7) is 1.80. The van der Waals surface area contributed by atoms with Gasteiger partial charge < -0.3 is 5.32 Å². The molecule has 1 atom stereocenters. The molecule has 0 fully saturated rings. The molecule has 106 valence electrons. The smallest absolute Gasteiger partial charge is 0.137 e. The van der Waals surface area contributed by atoms with Crippen LogP contribution >= 0.6 is 15.9 Å². The molecule has 0 aliphatic heterocycles. The number of aryl methyl sites for hydroxylation is 1. The summed E-state index contributed by atoms with van der Waals surface area (Å²) in [6, 6.07) is 5.85. The van der Waals surface area contributed by atoms with E-state index in [1.54, 1.807) is 20.0 Å². The molecule has 1 unspecified atom stereocenters. The first kappa shape index (κ1) is 15.1. The molecule has 0 radical (unpaired) electrons. The minimum atomic E-state index is -0.617. The van der Waals surface area contributed by atoms with Crippen LogP contribution in [0, 0.1) is 24.4 Å². The molecule has 0 saturated carbocycles. The van der Waals surface area contributed by atoms with Gasteiger partial charge in [-0.3, -0.25) is 0 Å². The van der Waals surface area contributed by atoms with Crippen LogP contribution in [-0.4, -0.2) is 7.05 Å². The second kappa shape index (κ2) is 5.97. The highest BCUT2D eigenvalue weighted by Gasteiger charge is 2.20. The third-order valence-corrected chi connectivity index (χ3v) is 3.80. The molecule has 0 aliphatic rings. The van der Waals surface area contributed by atoms with Crippen molar-refractivity contribution >= 4 is 15.9 Å². The van der Waals surface area contributed by atoms with Gasteiger partial charge in [0.15, 0.2) is 0 Å². The van der Waals surface area contributed by atoms with Crippen LogP contribution in [0.4, 0.5) is 13.2 Å². The molecular formula is C15H13BrF3N. The summed E-state index contributed by atoms with van der Waals surface area (Å²) in [4.78, 5) is 0. The second-order valence-corrected chi connectivity index (χ2v) is 5.36. The lowest BCUT2D eigenvalue weighted by Crippen LogP contribution is -2.20. The molecule has 20 heavy (non-hydrogen) atoms. The van der Waals surface area contributed by atoms with Gasteiger partial charge in [-0.25, -0.2) is 13.2 Å². The Morgan fingerprint density at radius 3 is 2.35 bits per heavy atom. The van der Waals surface area contributed by atoms with E-state index in [0.717, 1.165) is 17.7 Å². The average Bonchev–Trinajstić information content (AvgIpc) is 2.40. The van der Waals surface area contributed by atoms with Gasteiger partial charge >= 0.3 is 0 Å². The fourth-order valence-electron chi connectivity index (χ4n) is 2.16. The molecule has 0 bridgehead atoms. The fraction of sp³-hybridized carbons (Fsp3) is 0.200. The zero-order chi connectivity index (χ0) is 14.9. The van der Waals surface area contributed by atoms with Crippen molar-refractivity contribution in [3.8, 4) is 0 Å². The predicted octanol–water partition coefficient (Wildman–Crippen LogP) is 4.48. The van der Waals surface area contributed by atoms with E-state index in [-0.39, 0.29) is 10.0 Å². The number of rotatable bonds is 3. The van der Waals surface area contributed by atoms with Gasteiger partial charge in [0.25, 0.3) is 0 Å². The average molecular weight is 344 g/mol. The molecule has 2 rings (SSSR count). The number of benzene rings is 2. The van der Waals surface area contributed by atoms with Crippen LogP contribution in [0.1, 0.15) is 22.7 Å². The third-order valence-electron chi connectivity index (χ3n) is 3.19. The molecule has 1 N–H and O–H groups in total. The number of hydrogen-bond donors (Lipinski definition) is 1. The zero-order valence-electron chi connectivity index (χ0n) is 11.0. The molecule has 0 aromatic heterocycles. The van der Waals surface area contributed by atoms with E-state index >= 15 is 0 Å². The van der Waals surface area contributed by atoms with E-state index < -0.39 is 23.5 Å². The van der Waals surface area contributed by atoms with Crippen LogP contribution in [0.25, 0.3) is 0 Å². The summed E-state index contributed by atoms with van der Waals surface area (Å²) in [6.07, 6.45) is 0.